The Hall–Kier alpha value is -1.45. The molecule has 1 aromatic carbocycles. The van der Waals surface area contributed by atoms with E-state index in [-0.39, 0.29) is 25.7 Å². The van der Waals surface area contributed by atoms with Crippen LogP contribution in [0.25, 0.3) is 22.3 Å². The van der Waals surface area contributed by atoms with Crippen LogP contribution >= 0.6 is 47.8 Å². The molecule has 6 nitrogen and oxygen atoms in total. The van der Waals surface area contributed by atoms with Crippen molar-refractivity contribution in [3.8, 4) is 17.1 Å². The van der Waals surface area contributed by atoms with E-state index < -0.39 is 16.4 Å². The van der Waals surface area contributed by atoms with E-state index in [1.165, 1.54) is 6.07 Å². The molecule has 1 aromatic rings. The standard InChI is InChI=1S/C13H4Br3NO5/c14-6-2-4-1-5-3-7(17(20)21)11(19)9(16)13(5)22-12(4)8(15)10(6)18/h1-3,19H. The van der Waals surface area contributed by atoms with Crippen molar-refractivity contribution < 1.29 is 14.4 Å². The molecule has 2 aliphatic rings. The summed E-state index contributed by atoms with van der Waals surface area (Å²) in [7, 11) is 0. The van der Waals surface area contributed by atoms with Gasteiger partial charge in [-0.25, -0.2) is 0 Å². The lowest BCUT2D eigenvalue weighted by atomic mass is 10.1. The van der Waals surface area contributed by atoms with Crippen molar-refractivity contribution in [1.82, 2.24) is 0 Å². The van der Waals surface area contributed by atoms with Gasteiger partial charge < -0.3 is 9.52 Å². The monoisotopic (exact) mass is 491 g/mol. The molecule has 0 bridgehead atoms. The average Bonchev–Trinajstić information content (AvgIpc) is 2.47. The van der Waals surface area contributed by atoms with Gasteiger partial charge in [-0.3, -0.25) is 14.9 Å². The molecule has 22 heavy (non-hydrogen) atoms. The van der Waals surface area contributed by atoms with Crippen molar-refractivity contribution in [2.24, 2.45) is 0 Å². The number of hydrogen-bond donors (Lipinski definition) is 1. The van der Waals surface area contributed by atoms with Crippen LogP contribution in [-0.4, -0.2) is 10.0 Å². The average molecular weight is 494 g/mol. The molecule has 112 valence electrons. The third-order valence-electron chi connectivity index (χ3n) is 3.08. The molecule has 0 saturated carbocycles. The first-order valence-electron chi connectivity index (χ1n) is 5.72. The van der Waals surface area contributed by atoms with Crippen LogP contribution < -0.4 is 5.43 Å². The maximum atomic E-state index is 11.9. The molecular formula is C13H4Br3NO5. The zero-order chi connectivity index (χ0) is 16.2. The predicted molar refractivity (Wildman–Crippen MR) is 90.5 cm³/mol. The SMILES string of the molecule is O=c1c(Br)cc2cc3cc([N+](=O)[O-])c(O)c(Br)c3oc-2c1Br. The van der Waals surface area contributed by atoms with E-state index in [0.717, 1.165) is 0 Å². The number of phenolic OH excluding ortho intramolecular Hbond substituents is 1. The summed E-state index contributed by atoms with van der Waals surface area (Å²) < 4.78 is 6.29. The molecule has 1 heterocycles. The fourth-order valence-electron chi connectivity index (χ4n) is 2.06. The third kappa shape index (κ3) is 2.24. The Morgan fingerprint density at radius 1 is 1.14 bits per heavy atom. The van der Waals surface area contributed by atoms with E-state index in [0.29, 0.717) is 15.4 Å². The van der Waals surface area contributed by atoms with Crippen LogP contribution in [-0.2, 0) is 0 Å². The Morgan fingerprint density at radius 2 is 1.82 bits per heavy atom. The molecule has 0 amide bonds. The summed E-state index contributed by atoms with van der Waals surface area (Å²) in [5, 5.41) is 21.3. The Labute approximate surface area is 147 Å². The van der Waals surface area contributed by atoms with Gasteiger partial charge in [0.2, 0.25) is 11.2 Å². The van der Waals surface area contributed by atoms with Crippen LogP contribution in [0.3, 0.4) is 0 Å². The number of halogens is 3. The maximum Gasteiger partial charge on any atom is 0.312 e. The lowest BCUT2D eigenvalue weighted by molar-refractivity contribution is -0.385. The van der Waals surface area contributed by atoms with Gasteiger partial charge in [0.05, 0.1) is 9.40 Å². The van der Waals surface area contributed by atoms with Crippen molar-refractivity contribution in [1.29, 1.82) is 0 Å². The summed E-state index contributed by atoms with van der Waals surface area (Å²) in [6.07, 6.45) is 0. The molecule has 9 heteroatoms. The Bertz CT molecular complexity index is 982. The number of nitrogens with zero attached hydrogens (tertiary/aromatic N) is 1. The minimum atomic E-state index is -0.684. The molecule has 0 radical (unpaired) electrons. The lowest BCUT2D eigenvalue weighted by Gasteiger charge is -2.11. The molecule has 3 rings (SSSR count). The second-order valence-corrected chi connectivity index (χ2v) is 6.84. The number of hydrogen-bond acceptors (Lipinski definition) is 5. The predicted octanol–water partition coefficient (Wildman–Crippen LogP) is 4.80. The summed E-state index contributed by atoms with van der Waals surface area (Å²) in [6, 6.07) is 4.42. The molecule has 0 aromatic heterocycles. The van der Waals surface area contributed by atoms with Gasteiger partial charge in [-0.15, -0.1) is 0 Å². The van der Waals surface area contributed by atoms with E-state index in [9.17, 15) is 20.0 Å². The Kier molecular flexibility index (Phi) is 3.74. The van der Waals surface area contributed by atoms with Crippen molar-refractivity contribution in [3.05, 3.63) is 52.0 Å². The Balaban J connectivity index is 2.51. The molecule has 1 aliphatic heterocycles. The van der Waals surface area contributed by atoms with Crippen LogP contribution in [0.2, 0.25) is 0 Å². The normalized spacial score (nSPS) is 11.2. The van der Waals surface area contributed by atoms with Gasteiger partial charge in [-0.05, 0) is 59.9 Å². The zero-order valence-corrected chi connectivity index (χ0v) is 15.2. The van der Waals surface area contributed by atoms with Crippen molar-refractivity contribution in [3.63, 3.8) is 0 Å². The number of fused-ring (bicyclic) bond motifs is 2. The van der Waals surface area contributed by atoms with E-state index >= 15 is 0 Å². The Morgan fingerprint density at radius 3 is 2.45 bits per heavy atom. The van der Waals surface area contributed by atoms with Crippen molar-refractivity contribution >= 4 is 64.4 Å². The van der Waals surface area contributed by atoms with Crippen LogP contribution in [0, 0.1) is 10.1 Å². The highest BCUT2D eigenvalue weighted by Crippen LogP contribution is 2.43. The highest BCUT2D eigenvalue weighted by Gasteiger charge is 2.24. The fourth-order valence-corrected chi connectivity index (χ4v) is 3.81. The van der Waals surface area contributed by atoms with Gasteiger partial charge in [0.25, 0.3) is 0 Å². The van der Waals surface area contributed by atoms with Gasteiger partial charge in [-0.2, -0.15) is 0 Å². The van der Waals surface area contributed by atoms with Crippen LogP contribution in [0.5, 0.6) is 5.75 Å². The second kappa shape index (κ2) is 5.32. The topological polar surface area (TPSA) is 93.6 Å². The summed E-state index contributed by atoms with van der Waals surface area (Å²) in [4.78, 5) is 22.2. The fraction of sp³-hybridized carbons (Fsp3) is 0. The molecule has 0 saturated heterocycles. The molecule has 0 fully saturated rings. The molecule has 0 atom stereocenters. The molecule has 1 aliphatic carbocycles. The highest BCUT2D eigenvalue weighted by molar-refractivity contribution is 9.11. The number of phenols is 1. The summed E-state index contributed by atoms with van der Waals surface area (Å²) >= 11 is 9.42. The summed E-state index contributed by atoms with van der Waals surface area (Å²) in [6.45, 7) is 0. The summed E-state index contributed by atoms with van der Waals surface area (Å²) in [5.74, 6) is -0.245. The molecule has 0 spiro atoms. The van der Waals surface area contributed by atoms with Crippen molar-refractivity contribution in [2.75, 3.05) is 0 Å². The maximum absolute atomic E-state index is 11.9. The summed E-state index contributed by atoms with van der Waals surface area (Å²) in [5.41, 5.74) is 0.0705. The molecule has 1 N–H and O–H groups in total. The van der Waals surface area contributed by atoms with E-state index in [1.54, 1.807) is 12.1 Å². The number of aromatic hydroxyl groups is 1. The molecular weight excluding hydrogens is 490 g/mol. The minimum absolute atomic E-state index is 0.0564. The van der Waals surface area contributed by atoms with Gasteiger partial charge in [0.1, 0.15) is 8.95 Å². The first kappa shape index (κ1) is 15.4. The van der Waals surface area contributed by atoms with E-state index in [2.05, 4.69) is 47.8 Å². The number of nitro groups is 1. The molecule has 0 unspecified atom stereocenters. The first-order chi connectivity index (χ1) is 10.3. The van der Waals surface area contributed by atoms with Crippen LogP contribution in [0.1, 0.15) is 0 Å². The lowest BCUT2D eigenvalue weighted by Crippen LogP contribution is -2.05. The van der Waals surface area contributed by atoms with E-state index in [4.69, 9.17) is 4.42 Å². The number of rotatable bonds is 1. The first-order valence-corrected chi connectivity index (χ1v) is 8.10. The van der Waals surface area contributed by atoms with Crippen LogP contribution in [0.15, 0.2) is 40.8 Å². The quantitative estimate of drug-likeness (QED) is 0.298. The number of nitro benzene ring substituents is 1. The van der Waals surface area contributed by atoms with E-state index in [1.807, 2.05) is 0 Å². The van der Waals surface area contributed by atoms with Gasteiger partial charge in [-0.1, -0.05) is 0 Å². The van der Waals surface area contributed by atoms with Crippen LogP contribution in [0.4, 0.5) is 5.69 Å². The highest BCUT2D eigenvalue weighted by atomic mass is 79.9. The third-order valence-corrected chi connectivity index (χ3v) is 5.12. The minimum Gasteiger partial charge on any atom is -0.501 e. The largest absolute Gasteiger partial charge is 0.501 e. The van der Waals surface area contributed by atoms with Gasteiger partial charge in [0.15, 0.2) is 11.3 Å². The van der Waals surface area contributed by atoms with Gasteiger partial charge >= 0.3 is 5.69 Å². The van der Waals surface area contributed by atoms with Gasteiger partial charge in [0, 0.05) is 17.0 Å². The second-order valence-electron chi connectivity index (χ2n) is 4.40. The van der Waals surface area contributed by atoms with Crippen molar-refractivity contribution in [2.45, 2.75) is 0 Å². The zero-order valence-electron chi connectivity index (χ0n) is 10.4. The smallest absolute Gasteiger partial charge is 0.312 e. The number of benzene rings is 2.